The Balaban J connectivity index is 1.63. The maximum Gasteiger partial charge on any atom is 0.227 e. The Kier molecular flexibility index (Phi) is 4.96. The lowest BCUT2D eigenvalue weighted by Gasteiger charge is -2.25. The SMILES string of the molecule is NCC1(C(=O)NCCCCn2ccnc2)CCCC1. The molecule has 5 heteroatoms. The standard InChI is InChI=1S/C14H24N4O/c15-11-14(5-1-2-6-14)13(19)17-7-3-4-9-18-10-8-16-12-18/h8,10,12H,1-7,9,11,15H2,(H,17,19). The van der Waals surface area contributed by atoms with Gasteiger partial charge < -0.3 is 15.6 Å². The van der Waals surface area contributed by atoms with E-state index in [0.29, 0.717) is 6.54 Å². The summed E-state index contributed by atoms with van der Waals surface area (Å²) in [7, 11) is 0. The number of nitrogens with one attached hydrogen (secondary N) is 1. The van der Waals surface area contributed by atoms with E-state index in [4.69, 9.17) is 5.73 Å². The fraction of sp³-hybridized carbons (Fsp3) is 0.714. The van der Waals surface area contributed by atoms with Gasteiger partial charge in [0.25, 0.3) is 0 Å². The number of aromatic nitrogens is 2. The summed E-state index contributed by atoms with van der Waals surface area (Å²) >= 11 is 0. The Labute approximate surface area is 114 Å². The van der Waals surface area contributed by atoms with Crippen LogP contribution in [0, 0.1) is 5.41 Å². The minimum absolute atomic E-state index is 0.162. The first-order valence-corrected chi connectivity index (χ1v) is 7.21. The molecule has 0 bridgehead atoms. The summed E-state index contributed by atoms with van der Waals surface area (Å²) in [5.74, 6) is 0.162. The summed E-state index contributed by atoms with van der Waals surface area (Å²) in [5, 5.41) is 3.05. The lowest BCUT2D eigenvalue weighted by molar-refractivity contribution is -0.130. The molecule has 0 aliphatic heterocycles. The maximum absolute atomic E-state index is 12.2. The van der Waals surface area contributed by atoms with Gasteiger partial charge in [0.05, 0.1) is 11.7 Å². The Morgan fingerprint density at radius 1 is 1.37 bits per heavy atom. The first kappa shape index (κ1) is 14.1. The summed E-state index contributed by atoms with van der Waals surface area (Å²) in [6.07, 6.45) is 11.8. The van der Waals surface area contributed by atoms with Crippen molar-refractivity contribution in [2.45, 2.75) is 45.1 Å². The van der Waals surface area contributed by atoms with Crippen LogP contribution in [0.1, 0.15) is 38.5 Å². The highest BCUT2D eigenvalue weighted by molar-refractivity contribution is 5.83. The van der Waals surface area contributed by atoms with Gasteiger partial charge in [-0.3, -0.25) is 4.79 Å². The van der Waals surface area contributed by atoms with Crippen molar-refractivity contribution < 1.29 is 4.79 Å². The zero-order valence-electron chi connectivity index (χ0n) is 11.5. The van der Waals surface area contributed by atoms with Gasteiger partial charge in [0.1, 0.15) is 0 Å². The first-order valence-electron chi connectivity index (χ1n) is 7.21. The van der Waals surface area contributed by atoms with Gasteiger partial charge in [0, 0.05) is 32.0 Å². The second kappa shape index (κ2) is 6.70. The van der Waals surface area contributed by atoms with Gasteiger partial charge in [-0.05, 0) is 25.7 Å². The minimum Gasteiger partial charge on any atom is -0.356 e. The van der Waals surface area contributed by atoms with Crippen LogP contribution in [-0.4, -0.2) is 28.5 Å². The average molecular weight is 264 g/mol. The van der Waals surface area contributed by atoms with E-state index in [1.54, 1.807) is 6.20 Å². The van der Waals surface area contributed by atoms with Crippen LogP contribution in [-0.2, 0) is 11.3 Å². The van der Waals surface area contributed by atoms with E-state index in [1.807, 2.05) is 12.5 Å². The predicted octanol–water partition coefficient (Wildman–Crippen LogP) is 1.30. The number of nitrogens with zero attached hydrogens (tertiary/aromatic N) is 2. The average Bonchev–Trinajstić information content (AvgIpc) is 3.10. The molecule has 0 saturated heterocycles. The molecule has 1 aliphatic carbocycles. The van der Waals surface area contributed by atoms with Crippen molar-refractivity contribution in [1.29, 1.82) is 0 Å². The molecule has 0 radical (unpaired) electrons. The molecule has 19 heavy (non-hydrogen) atoms. The van der Waals surface area contributed by atoms with Crippen molar-refractivity contribution in [3.63, 3.8) is 0 Å². The van der Waals surface area contributed by atoms with E-state index in [9.17, 15) is 4.79 Å². The van der Waals surface area contributed by atoms with Gasteiger partial charge in [0.2, 0.25) is 5.91 Å². The molecule has 0 unspecified atom stereocenters. The summed E-state index contributed by atoms with van der Waals surface area (Å²) in [6, 6.07) is 0. The van der Waals surface area contributed by atoms with Crippen LogP contribution >= 0.6 is 0 Å². The smallest absolute Gasteiger partial charge is 0.227 e. The molecule has 1 aliphatic rings. The van der Waals surface area contributed by atoms with Crippen LogP contribution in [0.5, 0.6) is 0 Å². The number of amides is 1. The van der Waals surface area contributed by atoms with Crippen LogP contribution in [0.3, 0.4) is 0 Å². The third-order valence-electron chi connectivity index (χ3n) is 4.12. The second-order valence-electron chi connectivity index (χ2n) is 5.46. The molecule has 1 amide bonds. The molecule has 1 fully saturated rings. The second-order valence-corrected chi connectivity index (χ2v) is 5.46. The fourth-order valence-corrected chi connectivity index (χ4v) is 2.80. The van der Waals surface area contributed by atoms with E-state index in [-0.39, 0.29) is 11.3 Å². The van der Waals surface area contributed by atoms with E-state index in [0.717, 1.165) is 51.6 Å². The highest BCUT2D eigenvalue weighted by Crippen LogP contribution is 2.37. The molecule has 1 aromatic heterocycles. The van der Waals surface area contributed by atoms with Crippen molar-refractivity contribution in [1.82, 2.24) is 14.9 Å². The lowest BCUT2D eigenvalue weighted by Crippen LogP contribution is -2.44. The van der Waals surface area contributed by atoms with Crippen LogP contribution in [0.4, 0.5) is 0 Å². The zero-order chi connectivity index (χ0) is 13.6. The van der Waals surface area contributed by atoms with Crippen LogP contribution in [0.2, 0.25) is 0 Å². The molecule has 106 valence electrons. The lowest BCUT2D eigenvalue weighted by atomic mass is 9.85. The number of hydrogen-bond acceptors (Lipinski definition) is 3. The normalized spacial score (nSPS) is 17.5. The van der Waals surface area contributed by atoms with E-state index in [2.05, 4.69) is 14.9 Å². The number of hydrogen-bond donors (Lipinski definition) is 2. The summed E-state index contributed by atoms with van der Waals surface area (Å²) in [4.78, 5) is 16.2. The largest absolute Gasteiger partial charge is 0.356 e. The number of aryl methyl sites for hydroxylation is 1. The molecule has 3 N–H and O–H groups in total. The molecular formula is C14H24N4O. The van der Waals surface area contributed by atoms with E-state index >= 15 is 0 Å². The number of rotatable bonds is 7. The third kappa shape index (κ3) is 3.56. The van der Waals surface area contributed by atoms with Crippen molar-refractivity contribution in [2.75, 3.05) is 13.1 Å². The Hall–Kier alpha value is -1.36. The molecular weight excluding hydrogens is 240 g/mol. The fourth-order valence-electron chi connectivity index (χ4n) is 2.80. The zero-order valence-corrected chi connectivity index (χ0v) is 11.5. The van der Waals surface area contributed by atoms with Gasteiger partial charge in [-0.25, -0.2) is 4.98 Å². The third-order valence-corrected chi connectivity index (χ3v) is 4.12. The minimum atomic E-state index is -0.273. The quantitative estimate of drug-likeness (QED) is 0.729. The van der Waals surface area contributed by atoms with Crippen LogP contribution < -0.4 is 11.1 Å². The molecule has 1 saturated carbocycles. The highest BCUT2D eigenvalue weighted by Gasteiger charge is 2.39. The van der Waals surface area contributed by atoms with E-state index in [1.165, 1.54) is 0 Å². The Morgan fingerprint density at radius 2 is 2.16 bits per heavy atom. The van der Waals surface area contributed by atoms with Gasteiger partial charge >= 0.3 is 0 Å². The van der Waals surface area contributed by atoms with E-state index < -0.39 is 0 Å². The number of imidazole rings is 1. The van der Waals surface area contributed by atoms with Crippen molar-refractivity contribution in [3.8, 4) is 0 Å². The van der Waals surface area contributed by atoms with Crippen molar-refractivity contribution in [3.05, 3.63) is 18.7 Å². The number of carbonyl (C=O) groups is 1. The maximum atomic E-state index is 12.2. The molecule has 1 aromatic rings. The van der Waals surface area contributed by atoms with Gasteiger partial charge in [-0.2, -0.15) is 0 Å². The number of nitrogens with two attached hydrogens (primary N) is 1. The summed E-state index contributed by atoms with van der Waals surface area (Å²) in [5.41, 5.74) is 5.52. The van der Waals surface area contributed by atoms with Gasteiger partial charge in [0.15, 0.2) is 0 Å². The molecule has 1 heterocycles. The monoisotopic (exact) mass is 264 g/mol. The van der Waals surface area contributed by atoms with Crippen LogP contribution in [0.15, 0.2) is 18.7 Å². The molecule has 0 aromatic carbocycles. The topological polar surface area (TPSA) is 72.9 Å². The highest BCUT2D eigenvalue weighted by atomic mass is 16.2. The summed E-state index contributed by atoms with van der Waals surface area (Å²) < 4.78 is 2.06. The number of carbonyl (C=O) groups excluding carboxylic acids is 1. The number of unbranched alkanes of at least 4 members (excludes halogenated alkanes) is 1. The van der Waals surface area contributed by atoms with Crippen molar-refractivity contribution in [2.24, 2.45) is 11.1 Å². The van der Waals surface area contributed by atoms with Gasteiger partial charge in [-0.1, -0.05) is 12.8 Å². The predicted molar refractivity (Wildman–Crippen MR) is 74.4 cm³/mol. The Bertz CT molecular complexity index is 382. The van der Waals surface area contributed by atoms with Crippen LogP contribution in [0.25, 0.3) is 0 Å². The van der Waals surface area contributed by atoms with Crippen molar-refractivity contribution >= 4 is 5.91 Å². The van der Waals surface area contributed by atoms with Gasteiger partial charge in [-0.15, -0.1) is 0 Å². The molecule has 5 nitrogen and oxygen atoms in total. The first-order chi connectivity index (χ1) is 9.27. The molecule has 2 rings (SSSR count). The molecule has 0 atom stereocenters. The molecule has 0 spiro atoms. The summed E-state index contributed by atoms with van der Waals surface area (Å²) in [6.45, 7) is 2.18. The Morgan fingerprint density at radius 3 is 2.79 bits per heavy atom.